The van der Waals surface area contributed by atoms with Crippen LogP contribution >= 0.6 is 27.5 Å². The summed E-state index contributed by atoms with van der Waals surface area (Å²) in [6.45, 7) is 1.84. The lowest BCUT2D eigenvalue weighted by Gasteiger charge is -2.11. The Kier molecular flexibility index (Phi) is 4.36. The molecule has 0 bridgehead atoms. The molecule has 0 atom stereocenters. The van der Waals surface area contributed by atoms with Gasteiger partial charge >= 0.3 is 0 Å². The van der Waals surface area contributed by atoms with E-state index in [1.165, 1.54) is 18.2 Å². The Bertz CT molecular complexity index is 724. The van der Waals surface area contributed by atoms with Crippen molar-refractivity contribution in [1.29, 1.82) is 0 Å². The van der Waals surface area contributed by atoms with Crippen LogP contribution in [0.1, 0.15) is 5.56 Å². The molecule has 20 heavy (non-hydrogen) atoms. The molecule has 106 valence electrons. The largest absolute Gasteiger partial charge is 0.275 e. The number of hydrogen-bond donors (Lipinski definition) is 1. The lowest BCUT2D eigenvalue weighted by molar-refractivity contribution is 0.598. The first-order valence-electron chi connectivity index (χ1n) is 5.53. The Labute approximate surface area is 130 Å². The van der Waals surface area contributed by atoms with Gasteiger partial charge in [0.1, 0.15) is 11.5 Å². The fourth-order valence-corrected chi connectivity index (χ4v) is 3.51. The molecule has 0 fully saturated rings. The SMILES string of the molecule is Cc1ccc(S(=O)(=O)Nc2c(F)cc(Br)cc2Cl)cc1. The summed E-state index contributed by atoms with van der Waals surface area (Å²) in [4.78, 5) is 0.0430. The number of hydrogen-bond acceptors (Lipinski definition) is 2. The summed E-state index contributed by atoms with van der Waals surface area (Å²) >= 11 is 8.93. The van der Waals surface area contributed by atoms with Crippen LogP contribution in [-0.2, 0) is 10.0 Å². The van der Waals surface area contributed by atoms with E-state index in [1.807, 2.05) is 6.92 Å². The molecule has 7 heteroatoms. The van der Waals surface area contributed by atoms with E-state index in [1.54, 1.807) is 12.1 Å². The highest BCUT2D eigenvalue weighted by atomic mass is 79.9. The molecule has 3 nitrogen and oxygen atoms in total. The molecule has 0 saturated carbocycles. The van der Waals surface area contributed by atoms with Crippen molar-refractivity contribution in [3.63, 3.8) is 0 Å². The molecular formula is C13H10BrClFNO2S. The number of aryl methyl sites for hydroxylation is 1. The van der Waals surface area contributed by atoms with Crippen LogP contribution in [0, 0.1) is 12.7 Å². The second kappa shape index (κ2) is 5.71. The smallest absolute Gasteiger partial charge is 0.262 e. The molecule has 2 aromatic carbocycles. The summed E-state index contributed by atoms with van der Waals surface area (Å²) in [6.07, 6.45) is 0. The molecule has 0 radical (unpaired) electrons. The standard InChI is InChI=1S/C13H10BrClFNO2S/c1-8-2-4-10(5-3-8)20(18,19)17-13-11(15)6-9(14)7-12(13)16/h2-7,17H,1H3. The zero-order chi connectivity index (χ0) is 14.9. The van der Waals surface area contributed by atoms with Crippen molar-refractivity contribution in [3.8, 4) is 0 Å². The third-order valence-electron chi connectivity index (χ3n) is 2.57. The van der Waals surface area contributed by atoms with Crippen LogP contribution in [0.5, 0.6) is 0 Å². The minimum Gasteiger partial charge on any atom is -0.275 e. The van der Waals surface area contributed by atoms with Gasteiger partial charge in [-0.1, -0.05) is 45.2 Å². The van der Waals surface area contributed by atoms with E-state index in [2.05, 4.69) is 20.7 Å². The van der Waals surface area contributed by atoms with Crippen molar-refractivity contribution in [2.75, 3.05) is 4.72 Å². The van der Waals surface area contributed by atoms with Gasteiger partial charge in [-0.2, -0.15) is 0 Å². The molecule has 0 aliphatic carbocycles. The highest BCUT2D eigenvalue weighted by Gasteiger charge is 2.18. The second-order valence-corrected chi connectivity index (χ2v) is 7.17. The van der Waals surface area contributed by atoms with Crippen molar-refractivity contribution in [3.05, 3.63) is 57.3 Å². The van der Waals surface area contributed by atoms with Crippen LogP contribution in [0.25, 0.3) is 0 Å². The Hall–Kier alpha value is -1.11. The lowest BCUT2D eigenvalue weighted by Crippen LogP contribution is -2.14. The van der Waals surface area contributed by atoms with E-state index in [-0.39, 0.29) is 15.6 Å². The molecule has 0 aromatic heterocycles. The first kappa shape index (κ1) is 15.3. The summed E-state index contributed by atoms with van der Waals surface area (Å²) in [5.41, 5.74) is 0.659. The van der Waals surface area contributed by atoms with Gasteiger partial charge in [-0.15, -0.1) is 0 Å². The van der Waals surface area contributed by atoms with Crippen molar-refractivity contribution < 1.29 is 12.8 Å². The molecule has 0 saturated heterocycles. The fraction of sp³-hybridized carbons (Fsp3) is 0.0769. The molecule has 0 amide bonds. The Morgan fingerprint density at radius 1 is 1.20 bits per heavy atom. The lowest BCUT2D eigenvalue weighted by atomic mass is 10.2. The Morgan fingerprint density at radius 3 is 2.35 bits per heavy atom. The molecule has 0 aliphatic rings. The zero-order valence-electron chi connectivity index (χ0n) is 10.3. The average Bonchev–Trinajstić information content (AvgIpc) is 2.34. The van der Waals surface area contributed by atoms with Crippen LogP contribution in [-0.4, -0.2) is 8.42 Å². The number of sulfonamides is 1. The van der Waals surface area contributed by atoms with Crippen molar-refractivity contribution in [2.24, 2.45) is 0 Å². The predicted molar refractivity (Wildman–Crippen MR) is 81.1 cm³/mol. The van der Waals surface area contributed by atoms with E-state index >= 15 is 0 Å². The molecule has 0 unspecified atom stereocenters. The maximum Gasteiger partial charge on any atom is 0.262 e. The minimum absolute atomic E-state index is 0.0208. The van der Waals surface area contributed by atoms with Gasteiger partial charge in [-0.05, 0) is 31.2 Å². The van der Waals surface area contributed by atoms with E-state index in [0.29, 0.717) is 4.47 Å². The van der Waals surface area contributed by atoms with Gasteiger partial charge in [0.05, 0.1) is 9.92 Å². The third kappa shape index (κ3) is 3.31. The van der Waals surface area contributed by atoms with Crippen LogP contribution < -0.4 is 4.72 Å². The molecule has 0 aliphatic heterocycles. The van der Waals surface area contributed by atoms with Gasteiger partial charge in [0.25, 0.3) is 10.0 Å². The zero-order valence-corrected chi connectivity index (χ0v) is 13.5. The minimum atomic E-state index is -3.88. The van der Waals surface area contributed by atoms with E-state index in [4.69, 9.17) is 11.6 Å². The van der Waals surface area contributed by atoms with Gasteiger partial charge in [-0.3, -0.25) is 4.72 Å². The number of nitrogens with one attached hydrogen (secondary N) is 1. The highest BCUT2D eigenvalue weighted by Crippen LogP contribution is 2.31. The maximum atomic E-state index is 13.8. The van der Waals surface area contributed by atoms with Gasteiger partial charge in [0, 0.05) is 4.47 Å². The number of halogens is 3. The average molecular weight is 379 g/mol. The number of anilines is 1. The first-order chi connectivity index (χ1) is 9.29. The first-order valence-corrected chi connectivity index (χ1v) is 8.19. The van der Waals surface area contributed by atoms with Crippen LogP contribution in [0.2, 0.25) is 5.02 Å². The maximum absolute atomic E-state index is 13.8. The number of rotatable bonds is 3. The second-order valence-electron chi connectivity index (χ2n) is 4.16. The quantitative estimate of drug-likeness (QED) is 0.863. The molecule has 2 rings (SSSR count). The van der Waals surface area contributed by atoms with E-state index < -0.39 is 15.8 Å². The van der Waals surface area contributed by atoms with Gasteiger partial charge < -0.3 is 0 Å². The van der Waals surface area contributed by atoms with Gasteiger partial charge in [0.2, 0.25) is 0 Å². The molecule has 0 spiro atoms. The predicted octanol–water partition coefficient (Wildman–Crippen LogP) is 4.35. The Morgan fingerprint density at radius 2 is 1.80 bits per heavy atom. The van der Waals surface area contributed by atoms with Crippen molar-refractivity contribution in [2.45, 2.75) is 11.8 Å². The number of benzene rings is 2. The normalized spacial score (nSPS) is 11.4. The molecule has 2 aromatic rings. The van der Waals surface area contributed by atoms with Crippen LogP contribution in [0.15, 0.2) is 45.8 Å². The van der Waals surface area contributed by atoms with Gasteiger partial charge in [-0.25, -0.2) is 12.8 Å². The molecule has 0 heterocycles. The molecular weight excluding hydrogens is 369 g/mol. The fourth-order valence-electron chi connectivity index (χ4n) is 1.55. The topological polar surface area (TPSA) is 46.2 Å². The Balaban J connectivity index is 2.41. The highest BCUT2D eigenvalue weighted by molar-refractivity contribution is 9.10. The van der Waals surface area contributed by atoms with Crippen LogP contribution in [0.3, 0.4) is 0 Å². The third-order valence-corrected chi connectivity index (χ3v) is 4.70. The van der Waals surface area contributed by atoms with E-state index in [9.17, 15) is 12.8 Å². The molecule has 1 N–H and O–H groups in total. The van der Waals surface area contributed by atoms with Crippen molar-refractivity contribution in [1.82, 2.24) is 0 Å². The summed E-state index contributed by atoms with van der Waals surface area (Å²) in [6, 6.07) is 8.77. The summed E-state index contributed by atoms with van der Waals surface area (Å²) in [7, 11) is -3.88. The summed E-state index contributed by atoms with van der Waals surface area (Å²) in [5, 5.41) is -0.0208. The summed E-state index contributed by atoms with van der Waals surface area (Å²) < 4.78 is 40.7. The summed E-state index contributed by atoms with van der Waals surface area (Å²) in [5.74, 6) is -0.750. The van der Waals surface area contributed by atoms with Gasteiger partial charge in [0.15, 0.2) is 0 Å². The van der Waals surface area contributed by atoms with Crippen LogP contribution in [0.4, 0.5) is 10.1 Å². The monoisotopic (exact) mass is 377 g/mol. The van der Waals surface area contributed by atoms with E-state index in [0.717, 1.165) is 11.6 Å². The van der Waals surface area contributed by atoms with Crippen molar-refractivity contribution >= 4 is 43.2 Å².